The van der Waals surface area contributed by atoms with Crippen LogP contribution >= 0.6 is 0 Å². The van der Waals surface area contributed by atoms with Crippen molar-refractivity contribution in [2.75, 3.05) is 19.7 Å². The number of hydrogen-bond donors (Lipinski definition) is 0. The summed E-state index contributed by atoms with van der Waals surface area (Å²) in [6, 6.07) is 9.60. The van der Waals surface area contributed by atoms with E-state index in [1.165, 1.54) is 0 Å². The monoisotopic (exact) mass is 289 g/mol. The Hall–Kier alpha value is -2.04. The number of likely N-dealkylation sites (tertiary alicyclic amines) is 1. The van der Waals surface area contributed by atoms with E-state index in [0.717, 1.165) is 5.56 Å². The van der Waals surface area contributed by atoms with E-state index in [1.807, 2.05) is 37.3 Å². The minimum Gasteiger partial charge on any atom is -0.466 e. The van der Waals surface area contributed by atoms with Crippen molar-refractivity contribution >= 4 is 12.1 Å². The van der Waals surface area contributed by atoms with Crippen LogP contribution in [0, 0.1) is 17.8 Å². The lowest BCUT2D eigenvalue weighted by atomic mass is 10.2. The van der Waals surface area contributed by atoms with Crippen LogP contribution in [-0.4, -0.2) is 36.7 Å². The van der Waals surface area contributed by atoms with E-state index >= 15 is 0 Å². The van der Waals surface area contributed by atoms with Crippen molar-refractivity contribution in [3.63, 3.8) is 0 Å². The number of carbonyl (C=O) groups excluding carboxylic acids is 2. The minimum absolute atomic E-state index is 0.0110. The summed E-state index contributed by atoms with van der Waals surface area (Å²) in [5.41, 5.74) is 0.972. The van der Waals surface area contributed by atoms with Gasteiger partial charge >= 0.3 is 12.1 Å². The molecule has 21 heavy (non-hydrogen) atoms. The summed E-state index contributed by atoms with van der Waals surface area (Å²) < 4.78 is 10.3. The van der Waals surface area contributed by atoms with Crippen LogP contribution in [0.5, 0.6) is 0 Å². The van der Waals surface area contributed by atoms with Gasteiger partial charge in [0.05, 0.1) is 12.5 Å². The van der Waals surface area contributed by atoms with E-state index in [-0.39, 0.29) is 36.4 Å². The molecule has 0 aromatic heterocycles. The molecule has 0 radical (unpaired) electrons. The highest BCUT2D eigenvalue weighted by Gasteiger charge is 2.61. The molecule has 0 bridgehead atoms. The van der Waals surface area contributed by atoms with Gasteiger partial charge in [-0.15, -0.1) is 0 Å². The lowest BCUT2D eigenvalue weighted by Gasteiger charge is -2.19. The maximum atomic E-state index is 12.0. The number of benzene rings is 1. The molecule has 1 unspecified atom stereocenters. The lowest BCUT2D eigenvalue weighted by Crippen LogP contribution is -2.33. The summed E-state index contributed by atoms with van der Waals surface area (Å²) in [6.45, 7) is 3.71. The predicted octanol–water partition coefficient (Wildman–Crippen LogP) is 2.06. The zero-order valence-corrected chi connectivity index (χ0v) is 12.0. The Morgan fingerprint density at radius 2 is 1.81 bits per heavy atom. The molecule has 1 aliphatic carbocycles. The minimum atomic E-state index is -0.298. The van der Waals surface area contributed by atoms with E-state index in [2.05, 4.69) is 0 Å². The first-order valence-electron chi connectivity index (χ1n) is 7.33. The van der Waals surface area contributed by atoms with E-state index in [9.17, 15) is 9.59 Å². The predicted molar refractivity (Wildman–Crippen MR) is 75.3 cm³/mol. The zero-order chi connectivity index (χ0) is 14.8. The molecule has 2 aliphatic rings. The maximum Gasteiger partial charge on any atom is 0.410 e. The van der Waals surface area contributed by atoms with Gasteiger partial charge in [-0.25, -0.2) is 4.79 Å². The van der Waals surface area contributed by atoms with Gasteiger partial charge in [0.15, 0.2) is 0 Å². The van der Waals surface area contributed by atoms with Gasteiger partial charge in [-0.05, 0) is 24.3 Å². The van der Waals surface area contributed by atoms with Crippen molar-refractivity contribution < 1.29 is 19.1 Å². The van der Waals surface area contributed by atoms with Gasteiger partial charge < -0.3 is 14.4 Å². The second kappa shape index (κ2) is 5.76. The first kappa shape index (κ1) is 13.9. The largest absolute Gasteiger partial charge is 0.466 e. The number of rotatable bonds is 4. The summed E-state index contributed by atoms with van der Waals surface area (Å²) in [5, 5.41) is 0. The molecular weight excluding hydrogens is 270 g/mol. The highest BCUT2D eigenvalue weighted by molar-refractivity contribution is 5.78. The highest BCUT2D eigenvalue weighted by Crippen LogP contribution is 2.52. The topological polar surface area (TPSA) is 55.8 Å². The van der Waals surface area contributed by atoms with Crippen LogP contribution in [0.4, 0.5) is 4.79 Å². The molecule has 3 atom stereocenters. The molecule has 0 spiro atoms. The molecule has 5 nitrogen and oxygen atoms in total. The van der Waals surface area contributed by atoms with Gasteiger partial charge in [0.1, 0.15) is 6.61 Å². The summed E-state index contributed by atoms with van der Waals surface area (Å²) in [5.74, 6) is 0.384. The number of esters is 1. The number of nitrogens with zero attached hydrogens (tertiary/aromatic N) is 1. The Morgan fingerprint density at radius 3 is 2.43 bits per heavy atom. The number of ether oxygens (including phenoxy) is 2. The van der Waals surface area contributed by atoms with Crippen LogP contribution in [0.15, 0.2) is 30.3 Å². The third-order valence-electron chi connectivity index (χ3n) is 4.22. The second-order valence-corrected chi connectivity index (χ2v) is 5.55. The molecule has 1 saturated carbocycles. The molecular formula is C16H19NO4. The fourth-order valence-corrected chi connectivity index (χ4v) is 3.07. The zero-order valence-electron chi connectivity index (χ0n) is 12.0. The normalized spacial score (nSPS) is 26.1. The summed E-state index contributed by atoms with van der Waals surface area (Å²) in [4.78, 5) is 25.3. The molecule has 1 aromatic rings. The van der Waals surface area contributed by atoms with Crippen molar-refractivity contribution in [3.05, 3.63) is 35.9 Å². The molecule has 1 amide bonds. The van der Waals surface area contributed by atoms with Crippen LogP contribution < -0.4 is 0 Å². The number of hydrogen-bond acceptors (Lipinski definition) is 4. The Kier molecular flexibility index (Phi) is 3.82. The SMILES string of the molecule is CCOC(=O)C1[C@H]2CN(C(=O)OCc3ccccc3)C[C@@H]12. The summed E-state index contributed by atoms with van der Waals surface area (Å²) in [6.07, 6.45) is -0.298. The highest BCUT2D eigenvalue weighted by atomic mass is 16.6. The van der Waals surface area contributed by atoms with Gasteiger partial charge in [-0.3, -0.25) is 4.79 Å². The molecule has 1 aromatic carbocycles. The van der Waals surface area contributed by atoms with Crippen LogP contribution in [0.2, 0.25) is 0 Å². The second-order valence-electron chi connectivity index (χ2n) is 5.55. The molecule has 1 saturated heterocycles. The average Bonchev–Trinajstić information content (AvgIpc) is 3.01. The van der Waals surface area contributed by atoms with E-state index in [0.29, 0.717) is 19.7 Å². The first-order chi connectivity index (χ1) is 10.2. The van der Waals surface area contributed by atoms with Crippen molar-refractivity contribution in [2.45, 2.75) is 13.5 Å². The van der Waals surface area contributed by atoms with Crippen molar-refractivity contribution in [2.24, 2.45) is 17.8 Å². The van der Waals surface area contributed by atoms with Crippen molar-refractivity contribution in [3.8, 4) is 0 Å². The number of carbonyl (C=O) groups is 2. The van der Waals surface area contributed by atoms with E-state index in [4.69, 9.17) is 9.47 Å². The van der Waals surface area contributed by atoms with E-state index in [1.54, 1.807) is 4.90 Å². The molecule has 1 heterocycles. The van der Waals surface area contributed by atoms with Crippen LogP contribution in [-0.2, 0) is 20.9 Å². The molecule has 2 fully saturated rings. The number of amides is 1. The molecule has 1 aliphatic heterocycles. The average molecular weight is 289 g/mol. The van der Waals surface area contributed by atoms with Gasteiger partial charge in [0, 0.05) is 13.1 Å². The molecule has 3 rings (SSSR count). The Labute approximate surface area is 123 Å². The summed E-state index contributed by atoms with van der Waals surface area (Å²) >= 11 is 0. The van der Waals surface area contributed by atoms with Crippen molar-refractivity contribution in [1.29, 1.82) is 0 Å². The quantitative estimate of drug-likeness (QED) is 0.796. The molecule has 112 valence electrons. The van der Waals surface area contributed by atoms with Crippen LogP contribution in [0.3, 0.4) is 0 Å². The first-order valence-corrected chi connectivity index (χ1v) is 7.33. The van der Waals surface area contributed by atoms with Crippen molar-refractivity contribution in [1.82, 2.24) is 4.90 Å². The van der Waals surface area contributed by atoms with Gasteiger partial charge in [0.25, 0.3) is 0 Å². The summed E-state index contributed by atoms with van der Waals surface area (Å²) in [7, 11) is 0. The van der Waals surface area contributed by atoms with E-state index < -0.39 is 0 Å². The maximum absolute atomic E-state index is 12.0. The van der Waals surface area contributed by atoms with Crippen LogP contribution in [0.25, 0.3) is 0 Å². The third-order valence-corrected chi connectivity index (χ3v) is 4.22. The fourth-order valence-electron chi connectivity index (χ4n) is 3.07. The Bertz CT molecular complexity index is 518. The third kappa shape index (κ3) is 2.86. The number of piperidine rings is 1. The molecule has 5 heteroatoms. The standard InChI is InChI=1S/C16H19NO4/c1-2-20-15(18)14-12-8-17(9-13(12)14)16(19)21-10-11-6-4-3-5-7-11/h3-7,12-14H,2,8-10H2,1H3/t12-,13+,14?. The van der Waals surface area contributed by atoms with Gasteiger partial charge in [-0.2, -0.15) is 0 Å². The Balaban J connectivity index is 1.44. The van der Waals surface area contributed by atoms with Gasteiger partial charge in [0.2, 0.25) is 0 Å². The number of fused-ring (bicyclic) bond motifs is 1. The van der Waals surface area contributed by atoms with Gasteiger partial charge in [-0.1, -0.05) is 30.3 Å². The van der Waals surface area contributed by atoms with Crippen LogP contribution in [0.1, 0.15) is 12.5 Å². The lowest BCUT2D eigenvalue weighted by molar-refractivity contribution is -0.145. The Morgan fingerprint density at radius 1 is 1.14 bits per heavy atom. The fraction of sp³-hybridized carbons (Fsp3) is 0.500. The molecule has 0 N–H and O–H groups in total. The smallest absolute Gasteiger partial charge is 0.410 e.